The van der Waals surface area contributed by atoms with Crippen molar-refractivity contribution < 1.29 is 33.7 Å². The Bertz CT molecular complexity index is 564. The Morgan fingerprint density at radius 3 is 1.22 bits per heavy atom. The second kappa shape index (κ2) is 23.7. The number of unbranched alkanes of at least 4 members (excludes halogenated alkanes) is 14. The summed E-state index contributed by atoms with van der Waals surface area (Å²) in [6.07, 6.45) is 16.4. The van der Waals surface area contributed by atoms with Crippen LogP contribution in [0.3, 0.4) is 0 Å². The molecule has 0 saturated heterocycles. The zero-order valence-corrected chi connectivity index (χ0v) is 23.5. The molecule has 0 heterocycles. The summed E-state index contributed by atoms with van der Waals surface area (Å²) in [6.45, 7) is 6.99. The molecule has 0 rings (SSSR count). The smallest absolute Gasteiger partial charge is 0.339 e. The van der Waals surface area contributed by atoms with Crippen LogP contribution in [0.15, 0.2) is 0 Å². The third-order valence-corrected chi connectivity index (χ3v) is 6.26. The second-order valence-electron chi connectivity index (χ2n) is 9.91. The van der Waals surface area contributed by atoms with E-state index < -0.39 is 36.4 Å². The number of aliphatic hydroxyl groups is 1. The van der Waals surface area contributed by atoms with Crippen LogP contribution >= 0.6 is 0 Å². The minimum absolute atomic E-state index is 0.146. The van der Waals surface area contributed by atoms with Crippen molar-refractivity contribution in [3.63, 3.8) is 0 Å². The largest absolute Gasteiger partial charge is 0.466 e. The first-order valence-electron chi connectivity index (χ1n) is 14.6. The highest BCUT2D eigenvalue weighted by Gasteiger charge is 2.43. The summed E-state index contributed by atoms with van der Waals surface area (Å²) < 4.78 is 15.7. The molecule has 1 unspecified atom stereocenters. The standard InChI is InChI=1S/C29H54O7/c1-4-7-10-12-14-16-19-22-35-27(31)25-29(33,24-26(30)34-21-18-9-6-3)28(32)36-23-20-17-15-13-11-8-5-2/h33H,4-25H2,1-3H3. The van der Waals surface area contributed by atoms with Gasteiger partial charge >= 0.3 is 17.9 Å². The average Bonchev–Trinajstić information content (AvgIpc) is 2.84. The van der Waals surface area contributed by atoms with E-state index >= 15 is 0 Å². The molecule has 0 amide bonds. The van der Waals surface area contributed by atoms with Gasteiger partial charge in [-0.3, -0.25) is 9.59 Å². The molecule has 7 heteroatoms. The van der Waals surface area contributed by atoms with E-state index in [2.05, 4.69) is 13.8 Å². The van der Waals surface area contributed by atoms with E-state index in [0.29, 0.717) is 12.8 Å². The molecule has 0 aliphatic heterocycles. The monoisotopic (exact) mass is 514 g/mol. The summed E-state index contributed by atoms with van der Waals surface area (Å²) in [5, 5.41) is 11.0. The van der Waals surface area contributed by atoms with Gasteiger partial charge in [-0.2, -0.15) is 0 Å². The Balaban J connectivity index is 4.59. The van der Waals surface area contributed by atoms with Crippen LogP contribution in [-0.2, 0) is 28.6 Å². The van der Waals surface area contributed by atoms with Crippen LogP contribution in [0.5, 0.6) is 0 Å². The zero-order valence-electron chi connectivity index (χ0n) is 23.5. The summed E-state index contributed by atoms with van der Waals surface area (Å²) in [6, 6.07) is 0. The van der Waals surface area contributed by atoms with Crippen molar-refractivity contribution in [2.45, 2.75) is 148 Å². The lowest BCUT2D eigenvalue weighted by atomic mass is 9.95. The van der Waals surface area contributed by atoms with Gasteiger partial charge in [0.2, 0.25) is 0 Å². The molecule has 0 aromatic heterocycles. The molecule has 0 bridgehead atoms. The molecule has 0 radical (unpaired) electrons. The van der Waals surface area contributed by atoms with E-state index in [9.17, 15) is 19.5 Å². The Kier molecular flexibility index (Phi) is 22.7. The molecular weight excluding hydrogens is 460 g/mol. The van der Waals surface area contributed by atoms with Gasteiger partial charge in [0.15, 0.2) is 5.60 Å². The highest BCUT2D eigenvalue weighted by molar-refractivity contribution is 5.90. The number of esters is 3. The van der Waals surface area contributed by atoms with Crippen LogP contribution < -0.4 is 0 Å². The third-order valence-electron chi connectivity index (χ3n) is 6.26. The van der Waals surface area contributed by atoms with Crippen molar-refractivity contribution in [2.24, 2.45) is 0 Å². The molecule has 0 saturated carbocycles. The quantitative estimate of drug-likeness (QED) is 0.0810. The lowest BCUT2D eigenvalue weighted by Crippen LogP contribution is -2.45. The number of carbonyl (C=O) groups is 3. The third kappa shape index (κ3) is 19.5. The van der Waals surface area contributed by atoms with Crippen LogP contribution in [-0.4, -0.2) is 48.4 Å². The molecular formula is C29H54O7. The van der Waals surface area contributed by atoms with Crippen molar-refractivity contribution in [3.05, 3.63) is 0 Å². The highest BCUT2D eigenvalue weighted by atomic mass is 16.6. The van der Waals surface area contributed by atoms with Gasteiger partial charge in [-0.25, -0.2) is 4.79 Å². The van der Waals surface area contributed by atoms with E-state index in [-0.39, 0.29) is 19.8 Å². The number of carbonyl (C=O) groups excluding carboxylic acids is 3. The van der Waals surface area contributed by atoms with Crippen molar-refractivity contribution in [2.75, 3.05) is 19.8 Å². The van der Waals surface area contributed by atoms with Crippen LogP contribution in [0.4, 0.5) is 0 Å². The van der Waals surface area contributed by atoms with Crippen LogP contribution in [0, 0.1) is 0 Å². The lowest BCUT2D eigenvalue weighted by Gasteiger charge is -2.24. The fourth-order valence-electron chi connectivity index (χ4n) is 3.93. The minimum Gasteiger partial charge on any atom is -0.466 e. The predicted molar refractivity (Wildman–Crippen MR) is 143 cm³/mol. The molecule has 0 spiro atoms. The van der Waals surface area contributed by atoms with Gasteiger partial charge in [-0.15, -0.1) is 0 Å². The first kappa shape index (κ1) is 34.4. The maximum absolute atomic E-state index is 12.7. The van der Waals surface area contributed by atoms with Gasteiger partial charge in [-0.1, -0.05) is 111 Å². The van der Waals surface area contributed by atoms with E-state index in [1.54, 1.807) is 0 Å². The van der Waals surface area contributed by atoms with Gasteiger partial charge in [0.25, 0.3) is 0 Å². The fourth-order valence-corrected chi connectivity index (χ4v) is 3.93. The zero-order chi connectivity index (χ0) is 26.9. The summed E-state index contributed by atoms with van der Waals surface area (Å²) in [5.41, 5.74) is -2.28. The number of ether oxygens (including phenoxy) is 3. The van der Waals surface area contributed by atoms with Crippen molar-refractivity contribution in [1.82, 2.24) is 0 Å². The van der Waals surface area contributed by atoms with Gasteiger partial charge in [0, 0.05) is 0 Å². The van der Waals surface area contributed by atoms with Gasteiger partial charge in [0.05, 0.1) is 32.7 Å². The summed E-state index contributed by atoms with van der Waals surface area (Å²) >= 11 is 0. The van der Waals surface area contributed by atoms with Gasteiger partial charge < -0.3 is 19.3 Å². The number of hydrogen-bond donors (Lipinski definition) is 1. The maximum Gasteiger partial charge on any atom is 0.339 e. The Hall–Kier alpha value is -1.63. The molecule has 36 heavy (non-hydrogen) atoms. The Morgan fingerprint density at radius 2 is 0.806 bits per heavy atom. The predicted octanol–water partition coefficient (Wildman–Crippen LogP) is 6.82. The summed E-state index contributed by atoms with van der Waals surface area (Å²) in [4.78, 5) is 37.4. The normalized spacial score (nSPS) is 12.7. The molecule has 212 valence electrons. The summed E-state index contributed by atoms with van der Waals surface area (Å²) in [5.74, 6) is -2.40. The molecule has 0 aliphatic rings. The van der Waals surface area contributed by atoms with E-state index in [0.717, 1.165) is 51.4 Å². The summed E-state index contributed by atoms with van der Waals surface area (Å²) in [7, 11) is 0. The topological polar surface area (TPSA) is 99.1 Å². The molecule has 1 atom stereocenters. The molecule has 0 aromatic carbocycles. The molecule has 0 aromatic rings. The molecule has 1 N–H and O–H groups in total. The van der Waals surface area contributed by atoms with E-state index in [1.807, 2.05) is 6.92 Å². The minimum atomic E-state index is -2.28. The molecule has 0 fully saturated rings. The van der Waals surface area contributed by atoms with Gasteiger partial charge in [-0.05, 0) is 19.3 Å². The van der Waals surface area contributed by atoms with Crippen molar-refractivity contribution in [1.29, 1.82) is 0 Å². The highest BCUT2D eigenvalue weighted by Crippen LogP contribution is 2.21. The Morgan fingerprint density at radius 1 is 0.500 bits per heavy atom. The SMILES string of the molecule is CCCCCCCCCOC(=O)CC(O)(CC(=O)OCCCCC)C(=O)OCCCCCCCCC. The first-order valence-corrected chi connectivity index (χ1v) is 14.6. The number of rotatable bonds is 25. The van der Waals surface area contributed by atoms with Crippen LogP contribution in [0.1, 0.15) is 143 Å². The fraction of sp³-hybridized carbons (Fsp3) is 0.897. The van der Waals surface area contributed by atoms with E-state index in [1.165, 1.54) is 44.9 Å². The van der Waals surface area contributed by atoms with Gasteiger partial charge in [0.1, 0.15) is 0 Å². The first-order chi connectivity index (χ1) is 17.4. The average molecular weight is 515 g/mol. The van der Waals surface area contributed by atoms with Crippen molar-refractivity contribution >= 4 is 17.9 Å². The van der Waals surface area contributed by atoms with Crippen molar-refractivity contribution in [3.8, 4) is 0 Å². The van der Waals surface area contributed by atoms with Crippen LogP contribution in [0.25, 0.3) is 0 Å². The second-order valence-corrected chi connectivity index (χ2v) is 9.91. The van der Waals surface area contributed by atoms with E-state index in [4.69, 9.17) is 14.2 Å². The molecule has 0 aliphatic carbocycles. The Labute approximate surface area is 220 Å². The lowest BCUT2D eigenvalue weighted by molar-refractivity contribution is -0.178. The van der Waals surface area contributed by atoms with Crippen LogP contribution in [0.2, 0.25) is 0 Å². The maximum atomic E-state index is 12.7. The molecule has 7 nitrogen and oxygen atoms in total. The number of hydrogen-bond acceptors (Lipinski definition) is 7.